The molecule has 0 aliphatic heterocycles. The van der Waals surface area contributed by atoms with E-state index in [0.717, 1.165) is 28.3 Å². The van der Waals surface area contributed by atoms with Crippen molar-refractivity contribution in [3.63, 3.8) is 0 Å². The van der Waals surface area contributed by atoms with Gasteiger partial charge in [-0.25, -0.2) is 9.37 Å². The third kappa shape index (κ3) is 3.96. The second kappa shape index (κ2) is 8.83. The predicted octanol–water partition coefficient (Wildman–Crippen LogP) is 5.53. The molecule has 0 atom stereocenters. The Labute approximate surface area is 187 Å². The van der Waals surface area contributed by atoms with Crippen molar-refractivity contribution in [2.75, 3.05) is 7.11 Å². The molecule has 0 fully saturated rings. The molecule has 1 heterocycles. The summed E-state index contributed by atoms with van der Waals surface area (Å²) in [5.74, 6) is 0.892. The van der Waals surface area contributed by atoms with Crippen molar-refractivity contribution in [2.45, 2.75) is 33.4 Å². The lowest BCUT2D eigenvalue weighted by Gasteiger charge is -2.27. The first-order chi connectivity index (χ1) is 15.4. The predicted molar refractivity (Wildman–Crippen MR) is 124 cm³/mol. The molecule has 3 aromatic carbocycles. The van der Waals surface area contributed by atoms with Gasteiger partial charge < -0.3 is 9.64 Å². The van der Waals surface area contributed by atoms with Crippen LogP contribution in [0.4, 0.5) is 4.39 Å². The minimum Gasteiger partial charge on any atom is -0.497 e. The van der Waals surface area contributed by atoms with Crippen LogP contribution in [-0.4, -0.2) is 33.5 Å². The Morgan fingerprint density at radius 2 is 1.78 bits per heavy atom. The van der Waals surface area contributed by atoms with Crippen LogP contribution >= 0.6 is 0 Å². The maximum absolute atomic E-state index is 14.1. The molecule has 4 aromatic rings. The van der Waals surface area contributed by atoms with E-state index >= 15 is 0 Å². The number of nitrogens with zero attached hydrogens (tertiary/aromatic N) is 3. The minimum atomic E-state index is -0.384. The standard InChI is InChI=1S/C26H26FN3O2/c1-17(2)29(26(31)21-8-7-9-22(27)18(21)3)16-25-28-23-10-5-6-11-24(23)30(25)19-12-14-20(32-4)15-13-19/h5-15,17H,16H2,1-4H3. The number of imidazole rings is 1. The van der Waals surface area contributed by atoms with Gasteiger partial charge in [-0.15, -0.1) is 0 Å². The van der Waals surface area contributed by atoms with Gasteiger partial charge in [-0.05, 0) is 74.9 Å². The molecule has 4 rings (SSSR count). The van der Waals surface area contributed by atoms with Gasteiger partial charge in [0.25, 0.3) is 5.91 Å². The number of hydrogen-bond donors (Lipinski definition) is 0. The molecule has 5 nitrogen and oxygen atoms in total. The fourth-order valence-corrected chi connectivity index (χ4v) is 3.84. The van der Waals surface area contributed by atoms with E-state index in [2.05, 4.69) is 4.57 Å². The molecule has 0 radical (unpaired) electrons. The SMILES string of the molecule is COc1ccc(-n2c(CN(C(=O)c3cccc(F)c3C)C(C)C)nc3ccccc32)cc1. The van der Waals surface area contributed by atoms with E-state index in [4.69, 9.17) is 9.72 Å². The fourth-order valence-electron chi connectivity index (χ4n) is 3.84. The Kier molecular flexibility index (Phi) is 5.95. The number of fused-ring (bicyclic) bond motifs is 1. The molecule has 0 N–H and O–H groups in total. The van der Waals surface area contributed by atoms with Crippen molar-refractivity contribution >= 4 is 16.9 Å². The van der Waals surface area contributed by atoms with E-state index in [1.54, 1.807) is 31.1 Å². The van der Waals surface area contributed by atoms with Crippen molar-refractivity contribution in [1.29, 1.82) is 0 Å². The summed E-state index contributed by atoms with van der Waals surface area (Å²) >= 11 is 0. The smallest absolute Gasteiger partial charge is 0.254 e. The number of amides is 1. The zero-order chi connectivity index (χ0) is 22.8. The highest BCUT2D eigenvalue weighted by molar-refractivity contribution is 5.95. The van der Waals surface area contributed by atoms with Crippen LogP contribution in [0.5, 0.6) is 5.75 Å². The van der Waals surface area contributed by atoms with Gasteiger partial charge in [0, 0.05) is 17.3 Å². The normalized spacial score (nSPS) is 11.2. The quantitative estimate of drug-likeness (QED) is 0.403. The number of ether oxygens (including phenoxy) is 1. The summed E-state index contributed by atoms with van der Waals surface area (Å²) in [6.07, 6.45) is 0. The Balaban J connectivity index is 1.79. The molecule has 0 bridgehead atoms. The van der Waals surface area contributed by atoms with Crippen LogP contribution < -0.4 is 4.74 Å². The summed E-state index contributed by atoms with van der Waals surface area (Å²) in [6.45, 7) is 5.82. The maximum Gasteiger partial charge on any atom is 0.254 e. The lowest BCUT2D eigenvalue weighted by atomic mass is 10.1. The highest BCUT2D eigenvalue weighted by Crippen LogP contribution is 2.26. The van der Waals surface area contributed by atoms with Crippen LogP contribution in [0.25, 0.3) is 16.7 Å². The van der Waals surface area contributed by atoms with Crippen molar-refractivity contribution < 1.29 is 13.9 Å². The third-order valence-electron chi connectivity index (χ3n) is 5.65. The first-order valence-electron chi connectivity index (χ1n) is 10.6. The number of carbonyl (C=O) groups is 1. The van der Waals surface area contributed by atoms with Gasteiger partial charge in [0.15, 0.2) is 0 Å². The Bertz CT molecular complexity index is 1260. The maximum atomic E-state index is 14.1. The first kappa shape index (κ1) is 21.6. The van der Waals surface area contributed by atoms with Gasteiger partial charge in [-0.1, -0.05) is 18.2 Å². The van der Waals surface area contributed by atoms with Gasteiger partial charge in [0.05, 0.1) is 24.7 Å². The van der Waals surface area contributed by atoms with E-state index in [1.807, 2.05) is 62.4 Å². The van der Waals surface area contributed by atoms with Crippen LogP contribution in [0.15, 0.2) is 66.7 Å². The van der Waals surface area contributed by atoms with Gasteiger partial charge >= 0.3 is 0 Å². The Morgan fingerprint density at radius 1 is 1.06 bits per heavy atom. The number of para-hydroxylation sites is 2. The first-order valence-corrected chi connectivity index (χ1v) is 10.6. The topological polar surface area (TPSA) is 47.4 Å². The second-order valence-corrected chi connectivity index (χ2v) is 7.99. The van der Waals surface area contributed by atoms with E-state index in [-0.39, 0.29) is 24.3 Å². The summed E-state index contributed by atoms with van der Waals surface area (Å²) in [7, 11) is 1.63. The molecule has 0 unspecified atom stereocenters. The molecule has 0 aliphatic carbocycles. The summed E-state index contributed by atoms with van der Waals surface area (Å²) in [5, 5.41) is 0. The number of hydrogen-bond acceptors (Lipinski definition) is 3. The molecule has 6 heteroatoms. The zero-order valence-corrected chi connectivity index (χ0v) is 18.7. The Morgan fingerprint density at radius 3 is 2.47 bits per heavy atom. The van der Waals surface area contributed by atoms with E-state index < -0.39 is 0 Å². The molecule has 32 heavy (non-hydrogen) atoms. The monoisotopic (exact) mass is 431 g/mol. The zero-order valence-electron chi connectivity index (χ0n) is 18.7. The average molecular weight is 432 g/mol. The van der Waals surface area contributed by atoms with Gasteiger partial charge in [0.2, 0.25) is 0 Å². The highest BCUT2D eigenvalue weighted by Gasteiger charge is 2.24. The number of methoxy groups -OCH3 is 1. The molecule has 1 amide bonds. The number of halogens is 1. The largest absolute Gasteiger partial charge is 0.497 e. The van der Waals surface area contributed by atoms with Crippen molar-refractivity contribution in [3.05, 3.63) is 89.5 Å². The number of carbonyl (C=O) groups excluding carboxylic acids is 1. The molecule has 1 aromatic heterocycles. The summed E-state index contributed by atoms with van der Waals surface area (Å²) in [4.78, 5) is 20.0. The van der Waals surface area contributed by atoms with Crippen molar-refractivity contribution in [1.82, 2.24) is 14.5 Å². The molecule has 0 aliphatic rings. The number of aromatic nitrogens is 2. The molecule has 164 valence electrons. The third-order valence-corrected chi connectivity index (χ3v) is 5.65. The number of rotatable bonds is 6. The summed E-state index contributed by atoms with van der Waals surface area (Å²) in [6, 6.07) is 20.1. The van der Waals surface area contributed by atoms with Gasteiger partial charge in [0.1, 0.15) is 17.4 Å². The van der Waals surface area contributed by atoms with Crippen LogP contribution in [0, 0.1) is 12.7 Å². The average Bonchev–Trinajstić information content (AvgIpc) is 3.16. The highest BCUT2D eigenvalue weighted by atomic mass is 19.1. The lowest BCUT2D eigenvalue weighted by Crippen LogP contribution is -2.37. The van der Waals surface area contributed by atoms with E-state index in [1.165, 1.54) is 6.07 Å². The van der Waals surface area contributed by atoms with Crippen LogP contribution in [0.2, 0.25) is 0 Å². The minimum absolute atomic E-state index is 0.103. The summed E-state index contributed by atoms with van der Waals surface area (Å²) < 4.78 is 21.5. The fraction of sp³-hybridized carbons (Fsp3) is 0.231. The van der Waals surface area contributed by atoms with Crippen molar-refractivity contribution in [2.24, 2.45) is 0 Å². The molecular formula is C26H26FN3O2. The van der Waals surface area contributed by atoms with E-state index in [9.17, 15) is 9.18 Å². The Hall–Kier alpha value is -3.67. The molecule has 0 saturated heterocycles. The van der Waals surface area contributed by atoms with E-state index in [0.29, 0.717) is 11.1 Å². The molecule has 0 saturated carbocycles. The van der Waals surface area contributed by atoms with Gasteiger partial charge in [-0.3, -0.25) is 9.36 Å². The molecule has 0 spiro atoms. The second-order valence-electron chi connectivity index (χ2n) is 7.99. The van der Waals surface area contributed by atoms with Crippen LogP contribution in [0.3, 0.4) is 0 Å². The lowest BCUT2D eigenvalue weighted by molar-refractivity contribution is 0.0683. The molecular weight excluding hydrogens is 405 g/mol. The number of benzene rings is 3. The van der Waals surface area contributed by atoms with Gasteiger partial charge in [-0.2, -0.15) is 0 Å². The summed E-state index contributed by atoms with van der Waals surface area (Å²) in [5.41, 5.74) is 3.44. The van der Waals surface area contributed by atoms with Crippen LogP contribution in [-0.2, 0) is 6.54 Å². The van der Waals surface area contributed by atoms with Crippen molar-refractivity contribution in [3.8, 4) is 11.4 Å². The van der Waals surface area contributed by atoms with Crippen LogP contribution in [0.1, 0.15) is 35.6 Å².